The van der Waals surface area contributed by atoms with E-state index in [9.17, 15) is 14.7 Å². The molecule has 1 aliphatic heterocycles. The van der Waals surface area contributed by atoms with Gasteiger partial charge in [-0.3, -0.25) is 4.79 Å². The van der Waals surface area contributed by atoms with Gasteiger partial charge in [-0.1, -0.05) is 32.0 Å². The molecule has 8 heteroatoms. The fourth-order valence-corrected chi connectivity index (χ4v) is 5.21. The van der Waals surface area contributed by atoms with E-state index in [4.69, 9.17) is 10.5 Å². The van der Waals surface area contributed by atoms with Gasteiger partial charge < -0.3 is 25.5 Å². The molecule has 33 heavy (non-hydrogen) atoms. The number of benzene rings is 1. The quantitative estimate of drug-likeness (QED) is 0.525. The van der Waals surface area contributed by atoms with E-state index in [-0.39, 0.29) is 24.3 Å². The van der Waals surface area contributed by atoms with Crippen molar-refractivity contribution < 1.29 is 19.4 Å². The molecule has 0 radical (unpaired) electrons. The van der Waals surface area contributed by atoms with Gasteiger partial charge in [0.2, 0.25) is 5.91 Å². The van der Waals surface area contributed by atoms with Crippen LogP contribution in [0.15, 0.2) is 36.7 Å². The Bertz CT molecular complexity index is 1210. The minimum absolute atomic E-state index is 0.0291. The first kappa shape index (κ1) is 22.9. The number of piperidine rings is 1. The minimum Gasteiger partial charge on any atom is -0.465 e. The van der Waals surface area contributed by atoms with Gasteiger partial charge >= 0.3 is 5.97 Å². The Labute approximate surface area is 192 Å². The largest absolute Gasteiger partial charge is 0.465 e. The molecule has 1 aliphatic rings. The predicted octanol–water partition coefficient (Wildman–Crippen LogP) is 2.59. The van der Waals surface area contributed by atoms with Gasteiger partial charge in [0.1, 0.15) is 5.65 Å². The van der Waals surface area contributed by atoms with Crippen LogP contribution in [0.2, 0.25) is 0 Å². The van der Waals surface area contributed by atoms with Crippen molar-refractivity contribution in [2.45, 2.75) is 26.4 Å². The Hall–Kier alpha value is -3.23. The lowest BCUT2D eigenvalue weighted by atomic mass is 9.69. The van der Waals surface area contributed by atoms with Gasteiger partial charge in [0.15, 0.2) is 0 Å². The van der Waals surface area contributed by atoms with Gasteiger partial charge in [0, 0.05) is 42.7 Å². The number of nitrogens with two attached hydrogens (primary N) is 1. The summed E-state index contributed by atoms with van der Waals surface area (Å²) in [5, 5.41) is 12.5. The zero-order valence-electron chi connectivity index (χ0n) is 19.4. The van der Waals surface area contributed by atoms with E-state index in [1.165, 1.54) is 7.11 Å². The zero-order chi connectivity index (χ0) is 23.9. The van der Waals surface area contributed by atoms with Gasteiger partial charge in [0.05, 0.1) is 24.8 Å². The summed E-state index contributed by atoms with van der Waals surface area (Å²) < 4.78 is 4.93. The maximum atomic E-state index is 12.3. The van der Waals surface area contributed by atoms with E-state index < -0.39 is 11.6 Å². The summed E-state index contributed by atoms with van der Waals surface area (Å²) in [4.78, 5) is 33.5. The number of nitrogens with one attached hydrogen (secondary N) is 1. The summed E-state index contributed by atoms with van der Waals surface area (Å²) in [6, 6.07) is 7.80. The second kappa shape index (κ2) is 8.61. The van der Waals surface area contributed by atoms with Crippen LogP contribution in [0.5, 0.6) is 0 Å². The highest BCUT2D eigenvalue weighted by molar-refractivity contribution is 6.09. The van der Waals surface area contributed by atoms with Gasteiger partial charge in [-0.2, -0.15) is 0 Å². The fraction of sp³-hybridized carbons (Fsp3) is 0.400. The third-order valence-corrected chi connectivity index (χ3v) is 6.97. The topological polar surface area (TPSA) is 122 Å². The Balaban J connectivity index is 1.75. The zero-order valence-corrected chi connectivity index (χ0v) is 19.4. The number of carbonyl (C=O) groups excluding carboxylic acids is 2. The summed E-state index contributed by atoms with van der Waals surface area (Å²) in [5.41, 5.74) is 9.05. The Morgan fingerprint density at radius 1 is 1.27 bits per heavy atom. The van der Waals surface area contributed by atoms with E-state index >= 15 is 0 Å². The fourth-order valence-electron chi connectivity index (χ4n) is 5.21. The van der Waals surface area contributed by atoms with E-state index in [0.717, 1.165) is 22.3 Å². The van der Waals surface area contributed by atoms with Crippen LogP contribution in [-0.2, 0) is 15.1 Å². The van der Waals surface area contributed by atoms with Crippen molar-refractivity contribution in [3.8, 4) is 11.1 Å². The van der Waals surface area contributed by atoms with E-state index in [1.807, 2.05) is 45.0 Å². The number of hydrogen-bond donors (Lipinski definition) is 3. The third-order valence-electron chi connectivity index (χ3n) is 6.97. The standard InChI is InChI=1S/C25H30N4O4/c1-14-9-17(18-7-8-27-23-22(18)19(11-28-23)24(31)33-4)5-6-20(14)25(32)15(2)12-29(13-16(25)3)21(30)10-26/h5-9,11,15-16,32H,10,12-13,26H2,1-4H3,(H,27,28)/t15-,16+,25-. The van der Waals surface area contributed by atoms with Gasteiger partial charge in [-0.05, 0) is 35.2 Å². The molecular formula is C25H30N4O4. The lowest BCUT2D eigenvalue weighted by molar-refractivity contribution is -0.147. The molecule has 1 saturated heterocycles. The van der Waals surface area contributed by atoms with Gasteiger partial charge in [-0.15, -0.1) is 0 Å². The van der Waals surface area contributed by atoms with Crippen LogP contribution in [0.4, 0.5) is 0 Å². The number of likely N-dealkylation sites (tertiary alicyclic amines) is 1. The summed E-state index contributed by atoms with van der Waals surface area (Å²) in [6.07, 6.45) is 3.30. The number of amides is 1. The molecular weight excluding hydrogens is 420 g/mol. The number of pyridine rings is 1. The summed E-state index contributed by atoms with van der Waals surface area (Å²) >= 11 is 0. The Morgan fingerprint density at radius 2 is 1.97 bits per heavy atom. The summed E-state index contributed by atoms with van der Waals surface area (Å²) in [6.45, 7) is 6.79. The first-order valence-corrected chi connectivity index (χ1v) is 11.1. The number of ether oxygens (including phenoxy) is 1. The molecule has 4 N–H and O–H groups in total. The van der Waals surface area contributed by atoms with E-state index in [0.29, 0.717) is 29.7 Å². The highest BCUT2D eigenvalue weighted by atomic mass is 16.5. The number of aromatic amines is 1. The molecule has 0 bridgehead atoms. The lowest BCUT2D eigenvalue weighted by Crippen LogP contribution is -2.57. The number of hydrogen-bond acceptors (Lipinski definition) is 6. The number of aryl methyl sites for hydroxylation is 1. The molecule has 0 saturated carbocycles. The number of nitrogens with zero attached hydrogens (tertiary/aromatic N) is 2. The molecule has 1 fully saturated rings. The van der Waals surface area contributed by atoms with Crippen molar-refractivity contribution in [1.82, 2.24) is 14.9 Å². The van der Waals surface area contributed by atoms with Crippen LogP contribution < -0.4 is 5.73 Å². The normalized spacial score (nSPS) is 23.0. The van der Waals surface area contributed by atoms with Crippen LogP contribution in [0.25, 0.3) is 22.2 Å². The number of esters is 1. The second-order valence-corrected chi connectivity index (χ2v) is 8.94. The maximum Gasteiger partial charge on any atom is 0.340 e. The number of carbonyl (C=O) groups is 2. The van der Waals surface area contributed by atoms with Crippen molar-refractivity contribution in [3.05, 3.63) is 53.3 Å². The van der Waals surface area contributed by atoms with Crippen molar-refractivity contribution in [2.24, 2.45) is 17.6 Å². The van der Waals surface area contributed by atoms with Gasteiger partial charge in [0.25, 0.3) is 0 Å². The number of rotatable bonds is 4. The van der Waals surface area contributed by atoms with Crippen LogP contribution in [0.1, 0.15) is 35.3 Å². The monoisotopic (exact) mass is 450 g/mol. The van der Waals surface area contributed by atoms with Gasteiger partial charge in [-0.25, -0.2) is 9.78 Å². The van der Waals surface area contributed by atoms with E-state index in [2.05, 4.69) is 9.97 Å². The molecule has 174 valence electrons. The van der Waals surface area contributed by atoms with Crippen LogP contribution >= 0.6 is 0 Å². The summed E-state index contributed by atoms with van der Waals surface area (Å²) in [5.74, 6) is -0.855. The number of aromatic nitrogens is 2. The highest BCUT2D eigenvalue weighted by Crippen LogP contribution is 2.43. The molecule has 2 aromatic heterocycles. The second-order valence-electron chi connectivity index (χ2n) is 8.94. The number of fused-ring (bicyclic) bond motifs is 1. The highest BCUT2D eigenvalue weighted by Gasteiger charge is 2.47. The minimum atomic E-state index is -1.08. The molecule has 1 aromatic carbocycles. The Kier molecular flexibility index (Phi) is 5.99. The summed E-state index contributed by atoms with van der Waals surface area (Å²) in [7, 11) is 1.35. The first-order chi connectivity index (χ1) is 15.7. The van der Waals surface area contributed by atoms with E-state index in [1.54, 1.807) is 17.3 Å². The number of aliphatic hydroxyl groups is 1. The smallest absolute Gasteiger partial charge is 0.340 e. The third kappa shape index (κ3) is 3.69. The molecule has 3 aromatic rings. The molecule has 3 heterocycles. The molecule has 0 unspecified atom stereocenters. The molecule has 1 amide bonds. The lowest BCUT2D eigenvalue weighted by Gasteiger charge is -2.48. The average Bonchev–Trinajstić information content (AvgIpc) is 3.25. The van der Waals surface area contributed by atoms with Crippen molar-refractivity contribution in [1.29, 1.82) is 0 Å². The number of H-pyrrole nitrogens is 1. The van der Waals surface area contributed by atoms with Crippen LogP contribution in [0, 0.1) is 18.8 Å². The Morgan fingerprint density at radius 3 is 2.58 bits per heavy atom. The molecule has 0 aliphatic carbocycles. The van der Waals surface area contributed by atoms with Crippen molar-refractivity contribution in [3.63, 3.8) is 0 Å². The molecule has 0 spiro atoms. The van der Waals surface area contributed by atoms with Crippen LogP contribution in [0.3, 0.4) is 0 Å². The predicted molar refractivity (Wildman–Crippen MR) is 125 cm³/mol. The molecule has 3 atom stereocenters. The average molecular weight is 451 g/mol. The molecule has 4 rings (SSSR count). The van der Waals surface area contributed by atoms with Crippen LogP contribution in [-0.4, -0.2) is 58.6 Å². The SMILES string of the molecule is COC(=O)c1c[nH]c2nccc(-c3ccc([C@@]4(O)[C@H](C)CN(C(=O)CN)C[C@@H]4C)c(C)c3)c12. The van der Waals surface area contributed by atoms with Crippen molar-refractivity contribution in [2.75, 3.05) is 26.7 Å². The maximum absolute atomic E-state index is 12.3. The van der Waals surface area contributed by atoms with Crippen molar-refractivity contribution >= 4 is 22.9 Å². The molecule has 8 nitrogen and oxygen atoms in total. The number of methoxy groups -OCH3 is 1. The first-order valence-electron chi connectivity index (χ1n) is 11.1.